The number of benzene rings is 1. The molecule has 0 aromatic heterocycles. The monoisotopic (exact) mass is 264 g/mol. The molecule has 0 aliphatic heterocycles. The number of primary amides is 1. The number of nitrogen functional groups attached to an aromatic ring is 1. The SMILES string of the molecule is CCCCCCCCOc1cc(N)ccc1C(N)=O. The molecule has 4 N–H and O–H groups in total. The summed E-state index contributed by atoms with van der Waals surface area (Å²) in [5.74, 6) is -0.000922. The van der Waals surface area contributed by atoms with Gasteiger partial charge in [0.1, 0.15) is 5.75 Å². The van der Waals surface area contributed by atoms with Gasteiger partial charge in [0.15, 0.2) is 0 Å². The molecule has 0 heterocycles. The van der Waals surface area contributed by atoms with Crippen LogP contribution in [0.5, 0.6) is 5.75 Å². The number of carbonyl (C=O) groups is 1. The first-order valence-electron chi connectivity index (χ1n) is 6.97. The largest absolute Gasteiger partial charge is 0.493 e. The number of anilines is 1. The van der Waals surface area contributed by atoms with Crippen molar-refractivity contribution in [1.82, 2.24) is 0 Å². The van der Waals surface area contributed by atoms with E-state index in [9.17, 15) is 4.79 Å². The Morgan fingerprint density at radius 2 is 1.84 bits per heavy atom. The van der Waals surface area contributed by atoms with E-state index < -0.39 is 5.91 Å². The summed E-state index contributed by atoms with van der Waals surface area (Å²) in [6.45, 7) is 2.80. The fourth-order valence-corrected chi connectivity index (χ4v) is 1.93. The van der Waals surface area contributed by atoms with Crippen LogP contribution in [0.25, 0.3) is 0 Å². The summed E-state index contributed by atoms with van der Waals surface area (Å²) in [6, 6.07) is 4.91. The number of carbonyl (C=O) groups excluding carboxylic acids is 1. The van der Waals surface area contributed by atoms with Crippen LogP contribution in [0.4, 0.5) is 5.69 Å². The maximum absolute atomic E-state index is 11.2. The standard InChI is InChI=1S/C15H24N2O2/c1-2-3-4-5-6-7-10-19-14-11-12(16)8-9-13(14)15(17)18/h8-9,11H,2-7,10,16H2,1H3,(H2,17,18). The highest BCUT2D eigenvalue weighted by atomic mass is 16.5. The number of rotatable bonds is 9. The maximum atomic E-state index is 11.2. The molecule has 0 radical (unpaired) electrons. The summed E-state index contributed by atoms with van der Waals surface area (Å²) >= 11 is 0. The third-order valence-electron chi connectivity index (χ3n) is 3.03. The van der Waals surface area contributed by atoms with Crippen molar-refractivity contribution < 1.29 is 9.53 Å². The minimum absolute atomic E-state index is 0.389. The molecule has 0 saturated heterocycles. The fraction of sp³-hybridized carbons (Fsp3) is 0.533. The maximum Gasteiger partial charge on any atom is 0.252 e. The molecule has 106 valence electrons. The molecule has 1 aromatic rings. The Morgan fingerprint density at radius 3 is 2.53 bits per heavy atom. The van der Waals surface area contributed by atoms with E-state index in [2.05, 4.69) is 6.92 Å². The molecule has 0 fully saturated rings. The second kappa shape index (κ2) is 8.40. The van der Waals surface area contributed by atoms with Gasteiger partial charge in [0.05, 0.1) is 12.2 Å². The van der Waals surface area contributed by atoms with Gasteiger partial charge in [-0.2, -0.15) is 0 Å². The Labute approximate surface area is 115 Å². The second-order valence-electron chi connectivity index (χ2n) is 4.74. The molecule has 0 aliphatic rings. The van der Waals surface area contributed by atoms with Crippen molar-refractivity contribution in [3.05, 3.63) is 23.8 Å². The van der Waals surface area contributed by atoms with Gasteiger partial charge in [0.2, 0.25) is 0 Å². The van der Waals surface area contributed by atoms with Crippen molar-refractivity contribution in [3.8, 4) is 5.75 Å². The lowest BCUT2D eigenvalue weighted by atomic mass is 10.1. The summed E-state index contributed by atoms with van der Waals surface area (Å²) in [5.41, 5.74) is 11.9. The van der Waals surface area contributed by atoms with Crippen LogP contribution >= 0.6 is 0 Å². The highest BCUT2D eigenvalue weighted by molar-refractivity contribution is 5.96. The second-order valence-corrected chi connectivity index (χ2v) is 4.74. The van der Waals surface area contributed by atoms with E-state index in [0.717, 1.165) is 12.8 Å². The molecular weight excluding hydrogens is 240 g/mol. The number of ether oxygens (including phenoxy) is 1. The quantitative estimate of drug-likeness (QED) is 0.531. The van der Waals surface area contributed by atoms with E-state index in [0.29, 0.717) is 23.6 Å². The third-order valence-corrected chi connectivity index (χ3v) is 3.03. The molecule has 0 saturated carbocycles. The molecule has 19 heavy (non-hydrogen) atoms. The lowest BCUT2D eigenvalue weighted by Crippen LogP contribution is -2.13. The van der Waals surface area contributed by atoms with Gasteiger partial charge in [-0.15, -0.1) is 0 Å². The van der Waals surface area contributed by atoms with Crippen molar-refractivity contribution in [1.29, 1.82) is 0 Å². The van der Waals surface area contributed by atoms with Crippen LogP contribution < -0.4 is 16.2 Å². The predicted molar refractivity (Wildman–Crippen MR) is 78.2 cm³/mol. The summed E-state index contributed by atoms with van der Waals surface area (Å²) in [5, 5.41) is 0. The zero-order chi connectivity index (χ0) is 14.1. The molecule has 1 amide bonds. The molecule has 0 bridgehead atoms. The van der Waals surface area contributed by atoms with Crippen molar-refractivity contribution in [3.63, 3.8) is 0 Å². The zero-order valence-corrected chi connectivity index (χ0v) is 11.7. The zero-order valence-electron chi connectivity index (χ0n) is 11.7. The first kappa shape index (κ1) is 15.3. The molecule has 0 unspecified atom stereocenters. The molecule has 0 aliphatic carbocycles. The van der Waals surface area contributed by atoms with E-state index >= 15 is 0 Å². The molecule has 0 atom stereocenters. The number of hydrogen-bond donors (Lipinski definition) is 2. The Kier molecular flexibility index (Phi) is 6.79. The highest BCUT2D eigenvalue weighted by Crippen LogP contribution is 2.21. The van der Waals surface area contributed by atoms with Crippen LogP contribution in [0.3, 0.4) is 0 Å². The number of amides is 1. The van der Waals surface area contributed by atoms with Crippen molar-refractivity contribution in [2.24, 2.45) is 5.73 Å². The number of hydrogen-bond acceptors (Lipinski definition) is 3. The van der Waals surface area contributed by atoms with Crippen molar-refractivity contribution in [2.45, 2.75) is 45.4 Å². The Hall–Kier alpha value is -1.71. The summed E-state index contributed by atoms with van der Waals surface area (Å²) in [6.07, 6.45) is 7.19. The van der Waals surface area contributed by atoms with Gasteiger partial charge in [0, 0.05) is 11.8 Å². The molecule has 4 heteroatoms. The predicted octanol–water partition coefficient (Wildman–Crippen LogP) is 3.11. The number of unbranched alkanes of at least 4 members (excludes halogenated alkanes) is 5. The van der Waals surface area contributed by atoms with E-state index in [-0.39, 0.29) is 0 Å². The summed E-state index contributed by atoms with van der Waals surface area (Å²) < 4.78 is 5.60. The van der Waals surface area contributed by atoms with Gasteiger partial charge in [-0.3, -0.25) is 4.79 Å². The van der Waals surface area contributed by atoms with E-state index in [1.54, 1.807) is 18.2 Å². The minimum Gasteiger partial charge on any atom is -0.493 e. The van der Waals surface area contributed by atoms with Gasteiger partial charge < -0.3 is 16.2 Å². The van der Waals surface area contributed by atoms with Crippen LogP contribution in [-0.2, 0) is 0 Å². The van der Waals surface area contributed by atoms with Crippen LogP contribution in [-0.4, -0.2) is 12.5 Å². The topological polar surface area (TPSA) is 78.3 Å². The molecule has 0 spiro atoms. The Balaban J connectivity index is 2.36. The first-order valence-corrected chi connectivity index (χ1v) is 6.97. The minimum atomic E-state index is -0.488. The van der Waals surface area contributed by atoms with Gasteiger partial charge in [0.25, 0.3) is 5.91 Å². The number of nitrogens with two attached hydrogens (primary N) is 2. The van der Waals surface area contributed by atoms with E-state index in [4.69, 9.17) is 16.2 Å². The van der Waals surface area contributed by atoms with E-state index in [1.807, 2.05) is 0 Å². The first-order chi connectivity index (χ1) is 9.15. The van der Waals surface area contributed by atoms with Crippen molar-refractivity contribution >= 4 is 11.6 Å². The average molecular weight is 264 g/mol. The molecule has 1 aromatic carbocycles. The summed E-state index contributed by atoms with van der Waals surface area (Å²) in [7, 11) is 0. The lowest BCUT2D eigenvalue weighted by molar-refractivity contribution is 0.0996. The van der Waals surface area contributed by atoms with Gasteiger partial charge in [-0.1, -0.05) is 39.0 Å². The summed E-state index contributed by atoms with van der Waals surface area (Å²) in [4.78, 5) is 11.2. The average Bonchev–Trinajstić information content (AvgIpc) is 2.37. The van der Waals surface area contributed by atoms with Gasteiger partial charge >= 0.3 is 0 Å². The van der Waals surface area contributed by atoms with Crippen LogP contribution in [0.15, 0.2) is 18.2 Å². The molecular formula is C15H24N2O2. The molecule has 4 nitrogen and oxygen atoms in total. The normalized spacial score (nSPS) is 10.4. The van der Waals surface area contributed by atoms with E-state index in [1.165, 1.54) is 25.7 Å². The van der Waals surface area contributed by atoms with Gasteiger partial charge in [-0.05, 0) is 18.6 Å². The highest BCUT2D eigenvalue weighted by Gasteiger charge is 2.09. The smallest absolute Gasteiger partial charge is 0.252 e. The van der Waals surface area contributed by atoms with Crippen LogP contribution in [0.2, 0.25) is 0 Å². The third kappa shape index (κ3) is 5.64. The fourth-order valence-electron chi connectivity index (χ4n) is 1.93. The van der Waals surface area contributed by atoms with Gasteiger partial charge in [-0.25, -0.2) is 0 Å². The Morgan fingerprint density at radius 1 is 1.16 bits per heavy atom. The van der Waals surface area contributed by atoms with Crippen molar-refractivity contribution in [2.75, 3.05) is 12.3 Å². The lowest BCUT2D eigenvalue weighted by Gasteiger charge is -2.10. The van der Waals surface area contributed by atoms with Crippen LogP contribution in [0.1, 0.15) is 55.8 Å². The molecule has 1 rings (SSSR count). The Bertz CT molecular complexity index is 405. The van der Waals surface area contributed by atoms with Crippen LogP contribution in [0, 0.1) is 0 Å².